The molecule has 5 heteroatoms. The lowest BCUT2D eigenvalue weighted by atomic mass is 9.33. The third-order valence-corrected chi connectivity index (χ3v) is 21.5. The molecule has 0 radical (unpaired) electrons. The van der Waals surface area contributed by atoms with Crippen LogP contribution in [0.15, 0.2) is 158 Å². The zero-order valence-corrected chi connectivity index (χ0v) is 50.2. The molecule has 0 saturated heterocycles. The highest BCUT2D eigenvalue weighted by Crippen LogP contribution is 2.61. The minimum Gasteiger partial charge on any atom is -0.334 e. The van der Waals surface area contributed by atoms with E-state index in [4.69, 9.17) is 0 Å². The zero-order valence-electron chi connectivity index (χ0n) is 49.2. The molecule has 2 unspecified atom stereocenters. The van der Waals surface area contributed by atoms with Crippen LogP contribution < -0.4 is 36.3 Å². The highest BCUT2D eigenvalue weighted by Gasteiger charge is 2.58. The largest absolute Gasteiger partial charge is 0.334 e. The summed E-state index contributed by atoms with van der Waals surface area (Å²) in [6.07, 6.45) is 7.03. The number of anilines is 8. The molecule has 1 fully saturated rings. The Morgan fingerprint density at radius 3 is 1.56 bits per heavy atom. The Balaban J connectivity index is 1.14. The Hall–Kier alpha value is -6.56. The molecule has 5 aliphatic rings. The van der Waals surface area contributed by atoms with Crippen LogP contribution in [0.3, 0.4) is 0 Å². The smallest absolute Gasteiger partial charge is 0.252 e. The second-order valence-electron chi connectivity index (χ2n) is 28.6. The summed E-state index contributed by atoms with van der Waals surface area (Å²) >= 11 is 0. The third kappa shape index (κ3) is 7.86. The van der Waals surface area contributed by atoms with E-state index < -0.39 is 8.07 Å². The fourth-order valence-electron chi connectivity index (χ4n) is 15.0. The van der Waals surface area contributed by atoms with Gasteiger partial charge >= 0.3 is 0 Å². The number of rotatable bonds is 6. The average Bonchev–Trinajstić information content (AvgIpc) is 2.94. The van der Waals surface area contributed by atoms with Crippen LogP contribution >= 0.6 is 0 Å². The maximum absolute atomic E-state index is 2.84. The second-order valence-corrected chi connectivity index (χ2v) is 33.7. The summed E-state index contributed by atoms with van der Waals surface area (Å²) in [5.74, 6) is 0. The van der Waals surface area contributed by atoms with Gasteiger partial charge in [0, 0.05) is 50.7 Å². The lowest BCUT2D eigenvalue weighted by Gasteiger charge is -2.51. The van der Waals surface area contributed by atoms with E-state index in [1.807, 2.05) is 0 Å². The van der Waals surface area contributed by atoms with Gasteiger partial charge in [-0.3, -0.25) is 0 Å². The summed E-state index contributed by atoms with van der Waals surface area (Å²) in [5, 5.41) is 1.56. The Labute approximate surface area is 468 Å². The average molecular weight is 1040 g/mol. The fraction of sp³-hybridized carbons (Fsp3) is 0.342. The molecule has 3 nitrogen and oxygen atoms in total. The van der Waals surface area contributed by atoms with Gasteiger partial charge in [0.05, 0.1) is 25.0 Å². The molecule has 8 aromatic rings. The summed E-state index contributed by atoms with van der Waals surface area (Å²) in [5.41, 5.74) is 27.9. The van der Waals surface area contributed by atoms with Gasteiger partial charge in [-0.15, -0.1) is 0 Å². The SMILES string of the molecule is Cc1cc2c3c(c1)N(c1ccc(C(C)(C)C)cc1-c1ccccc1)c1cc4c(cc1B3c1cc(N3c5ccc([Si](C)(C)C)cc5C5(C)CCCCC35C)ccc1N2c1ccc(C(C)(C)C)cc1-c1ccccc1)CC(C)(C)C4. The lowest BCUT2D eigenvalue weighted by molar-refractivity contribution is 0.195. The quantitative estimate of drug-likeness (QED) is 0.154. The van der Waals surface area contributed by atoms with Gasteiger partial charge in [0.2, 0.25) is 0 Å². The molecule has 78 heavy (non-hydrogen) atoms. The standard InChI is InChI=1S/C73H80BN3Si/c1-47-37-66-68-67(38-47)76(62-32-28-53(70(5,6)7)42-57(62)49-25-19-16-20-26-49)65-40-51-46-71(8,9)45-50(51)39-59(65)74(68)60-43-54(77-63-34-30-55(78(12,13)14)44-58(63)72(10)35-21-22-36-73(72,77)11)29-33-64(60)75(66)61-31-27-52(69(2,3)4)41-56(61)48-23-17-15-18-24-48/h15-20,23-34,37-44H,21-22,35-36,45-46H2,1-14H3. The van der Waals surface area contributed by atoms with E-state index in [2.05, 4.69) is 268 Å². The van der Waals surface area contributed by atoms with Gasteiger partial charge in [-0.25, -0.2) is 0 Å². The van der Waals surface area contributed by atoms with Crippen molar-refractivity contribution in [1.82, 2.24) is 0 Å². The van der Waals surface area contributed by atoms with Gasteiger partial charge in [0.15, 0.2) is 0 Å². The van der Waals surface area contributed by atoms with Crippen molar-refractivity contribution < 1.29 is 0 Å². The third-order valence-electron chi connectivity index (χ3n) is 19.5. The lowest BCUT2D eigenvalue weighted by Crippen LogP contribution is -2.62. The predicted octanol–water partition coefficient (Wildman–Crippen LogP) is 17.4. The minimum atomic E-state index is -1.59. The second kappa shape index (κ2) is 17.5. The van der Waals surface area contributed by atoms with Gasteiger partial charge in [0.1, 0.15) is 0 Å². The van der Waals surface area contributed by atoms with E-state index in [1.54, 1.807) is 10.8 Å². The fourth-order valence-corrected chi connectivity index (χ4v) is 16.2. The molecular formula is C73H80BN3Si. The molecule has 2 aliphatic carbocycles. The van der Waals surface area contributed by atoms with Crippen molar-refractivity contribution in [3.05, 3.63) is 191 Å². The van der Waals surface area contributed by atoms with E-state index >= 15 is 0 Å². The number of benzene rings is 8. The first-order valence-electron chi connectivity index (χ1n) is 29.3. The number of hydrogen-bond acceptors (Lipinski definition) is 3. The highest BCUT2D eigenvalue weighted by molar-refractivity contribution is 7.00. The van der Waals surface area contributed by atoms with Crippen LogP contribution in [0.4, 0.5) is 45.5 Å². The summed E-state index contributed by atoms with van der Waals surface area (Å²) in [4.78, 5) is 8.22. The summed E-state index contributed by atoms with van der Waals surface area (Å²) in [6, 6.07) is 62.8. The van der Waals surface area contributed by atoms with Crippen molar-refractivity contribution in [2.24, 2.45) is 5.41 Å². The molecule has 0 N–H and O–H groups in total. The topological polar surface area (TPSA) is 9.72 Å². The van der Waals surface area contributed by atoms with Crippen molar-refractivity contribution in [3.63, 3.8) is 0 Å². The van der Waals surface area contributed by atoms with Gasteiger partial charge in [-0.2, -0.15) is 0 Å². The molecule has 2 atom stereocenters. The van der Waals surface area contributed by atoms with Crippen LogP contribution in [0.1, 0.15) is 128 Å². The van der Waals surface area contributed by atoms with E-state index in [-0.39, 0.29) is 33.9 Å². The molecule has 8 aromatic carbocycles. The Bertz CT molecular complexity index is 3740. The van der Waals surface area contributed by atoms with Crippen LogP contribution in [0.5, 0.6) is 0 Å². The molecule has 0 spiro atoms. The van der Waals surface area contributed by atoms with Gasteiger partial charge in [-0.1, -0.05) is 191 Å². The predicted molar refractivity (Wildman–Crippen MR) is 340 cm³/mol. The van der Waals surface area contributed by atoms with Gasteiger partial charge in [-0.05, 0) is 183 Å². The molecule has 0 aromatic heterocycles. The molecule has 0 bridgehead atoms. The first-order chi connectivity index (χ1) is 36.9. The summed E-state index contributed by atoms with van der Waals surface area (Å²) in [7, 11) is -1.59. The van der Waals surface area contributed by atoms with Crippen LogP contribution in [0, 0.1) is 12.3 Å². The van der Waals surface area contributed by atoms with Crippen LogP contribution in [0.2, 0.25) is 19.6 Å². The molecule has 394 valence electrons. The summed E-state index contributed by atoms with van der Waals surface area (Å²) < 4.78 is 0. The number of nitrogens with zero attached hydrogens (tertiary/aromatic N) is 3. The highest BCUT2D eigenvalue weighted by atomic mass is 28.3. The monoisotopic (exact) mass is 1040 g/mol. The Morgan fingerprint density at radius 2 is 1.00 bits per heavy atom. The first kappa shape index (κ1) is 50.9. The number of fused-ring (bicyclic) bond motifs is 8. The van der Waals surface area contributed by atoms with E-state index in [1.165, 1.54) is 131 Å². The van der Waals surface area contributed by atoms with E-state index in [0.717, 1.165) is 19.3 Å². The van der Waals surface area contributed by atoms with Crippen molar-refractivity contribution >= 4 is 81.9 Å². The van der Waals surface area contributed by atoms with Crippen LogP contribution in [0.25, 0.3) is 22.3 Å². The molecule has 1 saturated carbocycles. The molecule has 3 heterocycles. The molecular weight excluding hydrogens is 958 g/mol. The van der Waals surface area contributed by atoms with Crippen molar-refractivity contribution in [2.75, 3.05) is 14.7 Å². The maximum atomic E-state index is 2.84. The number of aryl methyl sites for hydroxylation is 1. The zero-order chi connectivity index (χ0) is 54.6. The molecule has 13 rings (SSSR count). The normalized spacial score (nSPS) is 20.0. The van der Waals surface area contributed by atoms with Gasteiger partial charge in [0.25, 0.3) is 6.71 Å². The van der Waals surface area contributed by atoms with Crippen LogP contribution in [-0.2, 0) is 29.1 Å². The minimum absolute atomic E-state index is 0.0213. The van der Waals surface area contributed by atoms with Crippen molar-refractivity contribution in [1.29, 1.82) is 0 Å². The molecule has 0 amide bonds. The maximum Gasteiger partial charge on any atom is 0.252 e. The van der Waals surface area contributed by atoms with Gasteiger partial charge < -0.3 is 14.7 Å². The van der Waals surface area contributed by atoms with E-state index in [9.17, 15) is 0 Å². The number of hydrogen-bond donors (Lipinski definition) is 0. The summed E-state index contributed by atoms with van der Waals surface area (Å²) in [6.45, 7) is 34.1. The van der Waals surface area contributed by atoms with Crippen molar-refractivity contribution in [3.8, 4) is 22.3 Å². The van der Waals surface area contributed by atoms with Crippen molar-refractivity contribution in [2.45, 2.75) is 156 Å². The van der Waals surface area contributed by atoms with Crippen LogP contribution in [-0.4, -0.2) is 20.3 Å². The molecule has 3 aliphatic heterocycles. The first-order valence-corrected chi connectivity index (χ1v) is 32.8. The Morgan fingerprint density at radius 1 is 0.487 bits per heavy atom. The Kier molecular flexibility index (Phi) is 11.4. The van der Waals surface area contributed by atoms with E-state index in [0.29, 0.717) is 0 Å².